The van der Waals surface area contributed by atoms with Gasteiger partial charge in [0, 0.05) is 38.7 Å². The van der Waals surface area contributed by atoms with Crippen LogP contribution in [0.25, 0.3) is 0 Å². The van der Waals surface area contributed by atoms with E-state index >= 15 is 0 Å². The van der Waals surface area contributed by atoms with E-state index in [-0.39, 0.29) is 30.6 Å². The van der Waals surface area contributed by atoms with Gasteiger partial charge in [0.15, 0.2) is 0 Å². The molecule has 1 aromatic heterocycles. The van der Waals surface area contributed by atoms with Crippen molar-refractivity contribution in [1.29, 1.82) is 0 Å². The molecule has 2 atom stereocenters. The van der Waals surface area contributed by atoms with Crippen LogP contribution in [0.15, 0.2) is 0 Å². The second kappa shape index (κ2) is 8.39. The zero-order valence-corrected chi connectivity index (χ0v) is 16.7. The number of ether oxygens (including phenoxy) is 2. The molecule has 0 radical (unpaired) electrons. The molecule has 0 spiro atoms. The highest BCUT2D eigenvalue weighted by Crippen LogP contribution is 2.32. The van der Waals surface area contributed by atoms with Gasteiger partial charge in [0.25, 0.3) is 5.91 Å². The number of methoxy groups -OCH3 is 1. The molecule has 0 saturated carbocycles. The molecule has 2 aliphatic heterocycles. The molecule has 3 heterocycles. The smallest absolute Gasteiger partial charge is 0.272 e. The summed E-state index contributed by atoms with van der Waals surface area (Å²) in [7, 11) is 1.63. The molecule has 8 nitrogen and oxygen atoms in total. The van der Waals surface area contributed by atoms with Gasteiger partial charge in [-0.1, -0.05) is 0 Å². The van der Waals surface area contributed by atoms with Crippen LogP contribution in [0.1, 0.15) is 55.0 Å². The van der Waals surface area contributed by atoms with Crippen molar-refractivity contribution in [1.82, 2.24) is 19.6 Å². The predicted molar refractivity (Wildman–Crippen MR) is 99.5 cm³/mol. The fourth-order valence-corrected chi connectivity index (χ4v) is 3.95. The molecule has 0 aromatic carbocycles. The van der Waals surface area contributed by atoms with E-state index in [1.54, 1.807) is 16.7 Å². The van der Waals surface area contributed by atoms with Crippen LogP contribution in [-0.2, 0) is 27.2 Å². The van der Waals surface area contributed by atoms with E-state index in [1.807, 2.05) is 25.7 Å². The van der Waals surface area contributed by atoms with E-state index in [2.05, 4.69) is 5.10 Å². The number of nitrogens with zero attached hydrogens (tertiary/aromatic N) is 4. The standard InChI is InChI=1S/C19H30N4O4/c1-5-21-7-6-8-22(12-16(21)24)19(25)18-15-11-13(2)27-14(3)17(15)20-23(18)9-10-26-4/h13-14H,5-12H2,1-4H3/t13-,14+/m1/s1. The molecule has 2 amide bonds. The molecule has 0 unspecified atom stereocenters. The lowest BCUT2D eigenvalue weighted by Crippen LogP contribution is -2.40. The Labute approximate surface area is 160 Å². The maximum absolute atomic E-state index is 13.4. The molecule has 1 fully saturated rings. The number of likely N-dealkylation sites (N-methyl/N-ethyl adjacent to an activating group) is 1. The van der Waals surface area contributed by atoms with Crippen molar-refractivity contribution in [3.63, 3.8) is 0 Å². The molecule has 3 rings (SSSR count). The number of carbonyl (C=O) groups is 2. The highest BCUT2D eigenvalue weighted by atomic mass is 16.5. The van der Waals surface area contributed by atoms with Crippen LogP contribution in [-0.4, -0.2) is 77.4 Å². The summed E-state index contributed by atoms with van der Waals surface area (Å²) in [5.41, 5.74) is 2.36. The van der Waals surface area contributed by atoms with Crippen molar-refractivity contribution in [3.05, 3.63) is 17.0 Å². The number of amides is 2. The van der Waals surface area contributed by atoms with Crippen LogP contribution in [0.5, 0.6) is 0 Å². The van der Waals surface area contributed by atoms with Crippen LogP contribution in [0.3, 0.4) is 0 Å². The lowest BCUT2D eigenvalue weighted by Gasteiger charge is -2.26. The van der Waals surface area contributed by atoms with Crippen molar-refractivity contribution in [2.24, 2.45) is 0 Å². The molecule has 1 saturated heterocycles. The molecule has 2 aliphatic rings. The van der Waals surface area contributed by atoms with Crippen molar-refractivity contribution in [3.8, 4) is 0 Å². The number of fused-ring (bicyclic) bond motifs is 1. The third-order valence-electron chi connectivity index (χ3n) is 5.31. The van der Waals surface area contributed by atoms with Crippen LogP contribution < -0.4 is 0 Å². The molecular weight excluding hydrogens is 348 g/mol. The molecular formula is C19H30N4O4. The van der Waals surface area contributed by atoms with Gasteiger partial charge in [-0.15, -0.1) is 0 Å². The first-order chi connectivity index (χ1) is 13.0. The topological polar surface area (TPSA) is 76.9 Å². The number of hydrogen-bond acceptors (Lipinski definition) is 5. The van der Waals surface area contributed by atoms with Crippen LogP contribution in [0.2, 0.25) is 0 Å². The van der Waals surface area contributed by atoms with Crippen molar-refractivity contribution in [2.45, 2.75) is 52.4 Å². The Morgan fingerprint density at radius 2 is 2.11 bits per heavy atom. The summed E-state index contributed by atoms with van der Waals surface area (Å²) in [4.78, 5) is 29.4. The van der Waals surface area contributed by atoms with Crippen LogP contribution >= 0.6 is 0 Å². The fraction of sp³-hybridized carbons (Fsp3) is 0.737. The largest absolute Gasteiger partial charge is 0.383 e. The number of rotatable bonds is 5. The molecule has 150 valence electrons. The quantitative estimate of drug-likeness (QED) is 0.771. The van der Waals surface area contributed by atoms with Gasteiger partial charge in [0.2, 0.25) is 5.91 Å². The summed E-state index contributed by atoms with van der Waals surface area (Å²) in [6.45, 7) is 8.97. The lowest BCUT2D eigenvalue weighted by molar-refractivity contribution is -0.130. The van der Waals surface area contributed by atoms with Gasteiger partial charge < -0.3 is 19.3 Å². The first-order valence-corrected chi connectivity index (χ1v) is 9.77. The first-order valence-electron chi connectivity index (χ1n) is 9.77. The van der Waals surface area contributed by atoms with Crippen molar-refractivity contribution in [2.75, 3.05) is 39.9 Å². The molecule has 0 bridgehead atoms. The zero-order valence-electron chi connectivity index (χ0n) is 16.7. The van der Waals surface area contributed by atoms with Gasteiger partial charge in [-0.3, -0.25) is 14.3 Å². The molecule has 1 aromatic rings. The van der Waals surface area contributed by atoms with E-state index in [0.717, 1.165) is 17.7 Å². The maximum Gasteiger partial charge on any atom is 0.272 e. The molecule has 8 heteroatoms. The Hall–Kier alpha value is -1.93. The van der Waals surface area contributed by atoms with E-state index in [1.165, 1.54) is 0 Å². The zero-order chi connectivity index (χ0) is 19.6. The van der Waals surface area contributed by atoms with Gasteiger partial charge in [0.05, 0.1) is 31.1 Å². The summed E-state index contributed by atoms with van der Waals surface area (Å²) < 4.78 is 12.8. The van der Waals surface area contributed by atoms with Gasteiger partial charge >= 0.3 is 0 Å². The molecule has 0 N–H and O–H groups in total. The highest BCUT2D eigenvalue weighted by molar-refractivity contribution is 5.97. The third kappa shape index (κ3) is 4.01. The summed E-state index contributed by atoms with van der Waals surface area (Å²) >= 11 is 0. The molecule has 0 aliphatic carbocycles. The Bertz CT molecular complexity index is 702. The number of aromatic nitrogens is 2. The van der Waals surface area contributed by atoms with Gasteiger partial charge in [-0.2, -0.15) is 5.10 Å². The minimum Gasteiger partial charge on any atom is -0.383 e. The van der Waals surface area contributed by atoms with Crippen molar-refractivity contribution >= 4 is 11.8 Å². The SMILES string of the molecule is CCN1CCCN(C(=O)c2c3c(nn2CCOC)[C@H](C)O[C@H](C)C3)CC1=O. The fourth-order valence-electron chi connectivity index (χ4n) is 3.95. The summed E-state index contributed by atoms with van der Waals surface area (Å²) in [6, 6.07) is 0. The predicted octanol–water partition coefficient (Wildman–Crippen LogP) is 1.25. The van der Waals surface area contributed by atoms with Gasteiger partial charge in [-0.25, -0.2) is 0 Å². The lowest BCUT2D eigenvalue weighted by atomic mass is 9.99. The number of carbonyl (C=O) groups excluding carboxylic acids is 2. The molecule has 27 heavy (non-hydrogen) atoms. The second-order valence-electron chi connectivity index (χ2n) is 7.28. The van der Waals surface area contributed by atoms with E-state index < -0.39 is 0 Å². The van der Waals surface area contributed by atoms with E-state index in [9.17, 15) is 9.59 Å². The van der Waals surface area contributed by atoms with Crippen LogP contribution in [0.4, 0.5) is 0 Å². The number of hydrogen-bond donors (Lipinski definition) is 0. The second-order valence-corrected chi connectivity index (χ2v) is 7.28. The van der Waals surface area contributed by atoms with E-state index in [0.29, 0.717) is 44.9 Å². The maximum atomic E-state index is 13.4. The van der Waals surface area contributed by atoms with Gasteiger partial charge in [0.1, 0.15) is 12.2 Å². The van der Waals surface area contributed by atoms with E-state index in [4.69, 9.17) is 9.47 Å². The normalized spacial score (nSPS) is 23.3. The minimum atomic E-state index is -0.152. The van der Waals surface area contributed by atoms with Crippen molar-refractivity contribution < 1.29 is 19.1 Å². The summed E-state index contributed by atoms with van der Waals surface area (Å²) in [5.74, 6) is -0.113. The summed E-state index contributed by atoms with van der Waals surface area (Å²) in [6.07, 6.45) is 1.31. The minimum absolute atomic E-state index is 0.00486. The van der Waals surface area contributed by atoms with Crippen LogP contribution in [0, 0.1) is 0 Å². The Balaban J connectivity index is 1.94. The first kappa shape index (κ1) is 19.8. The Kier molecular flexibility index (Phi) is 6.16. The Morgan fingerprint density at radius 3 is 2.81 bits per heavy atom. The summed E-state index contributed by atoms with van der Waals surface area (Å²) in [5, 5.41) is 4.66. The monoisotopic (exact) mass is 378 g/mol. The Morgan fingerprint density at radius 1 is 1.33 bits per heavy atom. The average molecular weight is 378 g/mol. The highest BCUT2D eigenvalue weighted by Gasteiger charge is 2.35. The van der Waals surface area contributed by atoms with Gasteiger partial charge in [-0.05, 0) is 27.2 Å². The third-order valence-corrected chi connectivity index (χ3v) is 5.31. The average Bonchev–Trinajstić information content (AvgIpc) is 2.88.